The van der Waals surface area contributed by atoms with Crippen LogP contribution in [0.1, 0.15) is 31.2 Å². The molecule has 24 heavy (non-hydrogen) atoms. The van der Waals surface area contributed by atoms with Crippen LogP contribution < -0.4 is 4.90 Å². The first-order chi connectivity index (χ1) is 11.7. The summed E-state index contributed by atoms with van der Waals surface area (Å²) in [5.74, 6) is 1.00. The van der Waals surface area contributed by atoms with Crippen LogP contribution >= 0.6 is 12.6 Å². The number of rotatable bonds is 9. The molecule has 130 valence electrons. The van der Waals surface area contributed by atoms with E-state index in [0.717, 1.165) is 12.3 Å². The van der Waals surface area contributed by atoms with Crippen molar-refractivity contribution in [3.63, 3.8) is 0 Å². The second kappa shape index (κ2) is 10.3. The fourth-order valence-electron chi connectivity index (χ4n) is 2.80. The summed E-state index contributed by atoms with van der Waals surface area (Å²) < 4.78 is 0. The molecule has 1 unspecified atom stereocenters. The SMILES string of the molecule is CN(C)c1ccc(/C=C/C2C=CC=CN2CCCCCCS)cc1. The van der Waals surface area contributed by atoms with E-state index in [4.69, 9.17) is 0 Å². The van der Waals surface area contributed by atoms with Gasteiger partial charge in [0.05, 0.1) is 6.04 Å². The minimum absolute atomic E-state index is 0.355. The zero-order chi connectivity index (χ0) is 17.2. The van der Waals surface area contributed by atoms with Crippen molar-refractivity contribution >= 4 is 24.4 Å². The van der Waals surface area contributed by atoms with Gasteiger partial charge < -0.3 is 9.80 Å². The van der Waals surface area contributed by atoms with Crippen molar-refractivity contribution in [3.8, 4) is 0 Å². The first-order valence-electron chi connectivity index (χ1n) is 8.88. The zero-order valence-electron chi connectivity index (χ0n) is 14.9. The van der Waals surface area contributed by atoms with Gasteiger partial charge >= 0.3 is 0 Å². The number of unbranched alkanes of at least 4 members (excludes halogenated alkanes) is 3. The van der Waals surface area contributed by atoms with Gasteiger partial charge in [0, 0.05) is 26.3 Å². The van der Waals surface area contributed by atoms with E-state index in [9.17, 15) is 0 Å². The third-order valence-corrected chi connectivity index (χ3v) is 4.62. The maximum Gasteiger partial charge on any atom is 0.0658 e. The van der Waals surface area contributed by atoms with Crippen LogP contribution in [-0.2, 0) is 0 Å². The highest BCUT2D eigenvalue weighted by molar-refractivity contribution is 7.80. The molecule has 3 heteroatoms. The fourth-order valence-corrected chi connectivity index (χ4v) is 3.02. The van der Waals surface area contributed by atoms with Crippen molar-refractivity contribution in [2.75, 3.05) is 31.3 Å². The summed E-state index contributed by atoms with van der Waals surface area (Å²) in [6.07, 6.45) is 18.3. The van der Waals surface area contributed by atoms with Crippen LogP contribution in [0.15, 0.2) is 54.8 Å². The van der Waals surface area contributed by atoms with Gasteiger partial charge in [-0.2, -0.15) is 12.6 Å². The molecule has 0 radical (unpaired) electrons. The summed E-state index contributed by atoms with van der Waals surface area (Å²) >= 11 is 4.28. The zero-order valence-corrected chi connectivity index (χ0v) is 15.8. The molecule has 1 aromatic carbocycles. The third kappa shape index (κ3) is 6.12. The van der Waals surface area contributed by atoms with Gasteiger partial charge in [-0.25, -0.2) is 0 Å². The Morgan fingerprint density at radius 3 is 2.50 bits per heavy atom. The minimum Gasteiger partial charge on any atom is -0.378 e. The summed E-state index contributed by atoms with van der Waals surface area (Å²) in [5.41, 5.74) is 2.48. The van der Waals surface area contributed by atoms with E-state index >= 15 is 0 Å². The van der Waals surface area contributed by atoms with E-state index in [1.165, 1.54) is 36.9 Å². The summed E-state index contributed by atoms with van der Waals surface area (Å²) in [5, 5.41) is 0. The highest BCUT2D eigenvalue weighted by atomic mass is 32.1. The largest absolute Gasteiger partial charge is 0.378 e. The molecule has 0 spiro atoms. The summed E-state index contributed by atoms with van der Waals surface area (Å²) in [4.78, 5) is 4.54. The Hall–Kier alpha value is -1.61. The lowest BCUT2D eigenvalue weighted by Crippen LogP contribution is -2.29. The molecule has 0 bridgehead atoms. The normalized spacial score (nSPS) is 17.0. The maximum atomic E-state index is 4.28. The van der Waals surface area contributed by atoms with Crippen LogP contribution in [-0.4, -0.2) is 37.3 Å². The number of allylic oxidation sites excluding steroid dienone is 2. The summed E-state index contributed by atoms with van der Waals surface area (Å²) in [6.45, 7) is 1.11. The van der Waals surface area contributed by atoms with Gasteiger partial charge in [-0.3, -0.25) is 0 Å². The van der Waals surface area contributed by atoms with Crippen molar-refractivity contribution in [2.24, 2.45) is 0 Å². The Balaban J connectivity index is 1.88. The number of benzene rings is 1. The Kier molecular flexibility index (Phi) is 8.03. The fraction of sp³-hybridized carbons (Fsp3) is 0.429. The predicted molar refractivity (Wildman–Crippen MR) is 111 cm³/mol. The number of nitrogens with zero attached hydrogens (tertiary/aromatic N) is 2. The van der Waals surface area contributed by atoms with E-state index in [1.807, 2.05) is 0 Å². The monoisotopic (exact) mass is 342 g/mol. The average Bonchev–Trinajstić information content (AvgIpc) is 2.61. The molecule has 0 fully saturated rings. The van der Waals surface area contributed by atoms with Crippen molar-refractivity contribution < 1.29 is 0 Å². The molecule has 0 aromatic heterocycles. The van der Waals surface area contributed by atoms with Crippen molar-refractivity contribution in [3.05, 3.63) is 60.3 Å². The van der Waals surface area contributed by atoms with Crippen LogP contribution in [0.4, 0.5) is 5.69 Å². The van der Waals surface area contributed by atoms with Gasteiger partial charge in [0.15, 0.2) is 0 Å². The van der Waals surface area contributed by atoms with Gasteiger partial charge in [0.1, 0.15) is 0 Å². The summed E-state index contributed by atoms with van der Waals surface area (Å²) in [6, 6.07) is 9.03. The average molecular weight is 343 g/mol. The molecular weight excluding hydrogens is 312 g/mol. The minimum atomic E-state index is 0.355. The first-order valence-corrected chi connectivity index (χ1v) is 9.51. The van der Waals surface area contributed by atoms with Crippen LogP contribution in [0.5, 0.6) is 0 Å². The van der Waals surface area contributed by atoms with Gasteiger partial charge in [0.25, 0.3) is 0 Å². The molecule has 1 atom stereocenters. The maximum absolute atomic E-state index is 4.28. The molecule has 0 aliphatic carbocycles. The lowest BCUT2D eigenvalue weighted by atomic mass is 10.1. The van der Waals surface area contributed by atoms with E-state index in [1.54, 1.807) is 0 Å². The number of hydrogen-bond donors (Lipinski definition) is 1. The molecule has 1 heterocycles. The molecule has 1 aromatic rings. The molecule has 1 aliphatic heterocycles. The van der Waals surface area contributed by atoms with Crippen LogP contribution in [0, 0.1) is 0 Å². The van der Waals surface area contributed by atoms with Crippen molar-refractivity contribution in [1.29, 1.82) is 0 Å². The summed E-state index contributed by atoms with van der Waals surface area (Å²) in [7, 11) is 4.14. The molecule has 2 rings (SSSR count). The van der Waals surface area contributed by atoms with E-state index in [-0.39, 0.29) is 0 Å². The van der Waals surface area contributed by atoms with Gasteiger partial charge in [-0.1, -0.05) is 49.3 Å². The Bertz CT molecular complexity index is 558. The van der Waals surface area contributed by atoms with E-state index in [2.05, 4.69) is 97.4 Å². The number of anilines is 1. The highest BCUT2D eigenvalue weighted by Gasteiger charge is 2.10. The van der Waals surface area contributed by atoms with E-state index in [0.29, 0.717) is 6.04 Å². The standard InChI is InChI=1S/C21H30N2S/c1-22(2)20-13-10-19(11-14-20)12-15-21-9-5-7-17-23(21)16-6-3-4-8-18-24/h5,7,9-15,17,21,24H,3-4,6,8,16,18H2,1-2H3/b15-12+. The smallest absolute Gasteiger partial charge is 0.0658 e. The Morgan fingerprint density at radius 2 is 1.79 bits per heavy atom. The molecule has 0 saturated heterocycles. The lowest BCUT2D eigenvalue weighted by Gasteiger charge is -2.28. The second-order valence-corrected chi connectivity index (χ2v) is 6.88. The lowest BCUT2D eigenvalue weighted by molar-refractivity contribution is 0.345. The van der Waals surface area contributed by atoms with Crippen LogP contribution in [0.3, 0.4) is 0 Å². The van der Waals surface area contributed by atoms with Crippen molar-refractivity contribution in [2.45, 2.75) is 31.7 Å². The quantitative estimate of drug-likeness (QED) is 0.498. The van der Waals surface area contributed by atoms with Crippen LogP contribution in [0.25, 0.3) is 6.08 Å². The van der Waals surface area contributed by atoms with Gasteiger partial charge in [-0.05, 0) is 48.6 Å². The molecule has 0 N–H and O–H groups in total. The number of hydrogen-bond acceptors (Lipinski definition) is 3. The van der Waals surface area contributed by atoms with Crippen LogP contribution in [0.2, 0.25) is 0 Å². The topological polar surface area (TPSA) is 6.48 Å². The second-order valence-electron chi connectivity index (χ2n) is 6.44. The van der Waals surface area contributed by atoms with Gasteiger partial charge in [0.2, 0.25) is 0 Å². The molecule has 0 amide bonds. The molecule has 0 saturated carbocycles. The molecular formula is C21H30N2S. The van der Waals surface area contributed by atoms with Crippen molar-refractivity contribution in [1.82, 2.24) is 4.90 Å². The molecule has 1 aliphatic rings. The highest BCUT2D eigenvalue weighted by Crippen LogP contribution is 2.16. The first kappa shape index (κ1) is 18.7. The van der Waals surface area contributed by atoms with Gasteiger partial charge in [-0.15, -0.1) is 0 Å². The Morgan fingerprint density at radius 1 is 1.04 bits per heavy atom. The predicted octanol–water partition coefficient (Wildman–Crippen LogP) is 5.01. The van der Waals surface area contributed by atoms with E-state index < -0.39 is 0 Å². The molecule has 2 nitrogen and oxygen atoms in total. The third-order valence-electron chi connectivity index (χ3n) is 4.30. The Labute approximate surface area is 153 Å². The number of thiol groups is 1.